The van der Waals surface area contributed by atoms with Gasteiger partial charge in [-0.1, -0.05) is 25.4 Å². The Morgan fingerprint density at radius 3 is 2.69 bits per heavy atom. The summed E-state index contributed by atoms with van der Waals surface area (Å²) in [4.78, 5) is 0. The number of aromatic amines is 1. The fraction of sp³-hybridized carbons (Fsp3) is 0.500. The number of aromatic nitrogens is 4. The van der Waals surface area contributed by atoms with Crippen LogP contribution >= 0.6 is 11.6 Å². The Hall–Kier alpha value is -1.03. The molecule has 2 rings (SSSR count). The van der Waals surface area contributed by atoms with Gasteiger partial charge in [0.2, 0.25) is 0 Å². The number of nitrogens with one attached hydrogen (secondary N) is 1. The third kappa shape index (κ3) is 1.13. The first-order valence-electron chi connectivity index (χ1n) is 4.20. The van der Waals surface area contributed by atoms with Gasteiger partial charge in [0.15, 0.2) is 11.5 Å². The lowest BCUT2D eigenvalue weighted by atomic mass is 10.2. The highest BCUT2D eigenvalue weighted by Gasteiger charge is 2.14. The van der Waals surface area contributed by atoms with E-state index in [-0.39, 0.29) is 0 Å². The summed E-state index contributed by atoms with van der Waals surface area (Å²) in [7, 11) is 0. The molecule has 5 heteroatoms. The Bertz CT molecular complexity index is 440. The van der Waals surface area contributed by atoms with E-state index in [1.54, 1.807) is 0 Å². The van der Waals surface area contributed by atoms with E-state index >= 15 is 0 Å². The molecule has 70 valence electrons. The van der Waals surface area contributed by atoms with Crippen LogP contribution in [0.2, 0.25) is 5.02 Å². The van der Waals surface area contributed by atoms with Crippen molar-refractivity contribution in [3.05, 3.63) is 16.5 Å². The lowest BCUT2D eigenvalue weighted by Crippen LogP contribution is -1.97. The Kier molecular flexibility index (Phi) is 1.80. The zero-order chi connectivity index (χ0) is 9.59. The quantitative estimate of drug-likeness (QED) is 0.763. The van der Waals surface area contributed by atoms with Gasteiger partial charge >= 0.3 is 0 Å². The van der Waals surface area contributed by atoms with Crippen molar-refractivity contribution in [3.63, 3.8) is 0 Å². The molecule has 0 radical (unpaired) electrons. The number of hydrogen-bond donors (Lipinski definition) is 1. The van der Waals surface area contributed by atoms with Crippen molar-refractivity contribution < 1.29 is 0 Å². The monoisotopic (exact) mass is 198 g/mol. The number of halogens is 1. The van der Waals surface area contributed by atoms with Crippen LogP contribution in [0.5, 0.6) is 0 Å². The molecule has 0 aromatic carbocycles. The Labute approximate surface area is 80.9 Å². The van der Waals surface area contributed by atoms with Gasteiger partial charge < -0.3 is 0 Å². The van der Waals surface area contributed by atoms with Crippen LogP contribution in [-0.4, -0.2) is 19.8 Å². The van der Waals surface area contributed by atoms with Crippen molar-refractivity contribution in [1.29, 1.82) is 0 Å². The number of hydrogen-bond acceptors (Lipinski definition) is 2. The van der Waals surface area contributed by atoms with Gasteiger partial charge in [0.25, 0.3) is 0 Å². The summed E-state index contributed by atoms with van der Waals surface area (Å²) in [6.45, 7) is 6.06. The van der Waals surface area contributed by atoms with Crippen molar-refractivity contribution >= 4 is 17.2 Å². The number of fused-ring (bicyclic) bond motifs is 1. The third-order valence-electron chi connectivity index (χ3n) is 2.01. The molecule has 0 spiro atoms. The van der Waals surface area contributed by atoms with Crippen LogP contribution < -0.4 is 0 Å². The summed E-state index contributed by atoms with van der Waals surface area (Å²) >= 11 is 6.01. The smallest absolute Gasteiger partial charge is 0.196 e. The zero-order valence-corrected chi connectivity index (χ0v) is 8.55. The minimum atomic E-state index is 0.337. The van der Waals surface area contributed by atoms with Gasteiger partial charge in [-0.05, 0) is 6.92 Å². The second-order valence-corrected chi connectivity index (χ2v) is 3.80. The van der Waals surface area contributed by atoms with Crippen molar-refractivity contribution in [1.82, 2.24) is 19.8 Å². The van der Waals surface area contributed by atoms with Crippen LogP contribution in [0.4, 0.5) is 0 Å². The first-order valence-corrected chi connectivity index (χ1v) is 4.58. The summed E-state index contributed by atoms with van der Waals surface area (Å²) in [5.74, 6) is 1.24. The molecule has 4 nitrogen and oxygen atoms in total. The zero-order valence-electron chi connectivity index (χ0n) is 7.80. The standard InChI is InChI=1S/C8H11ClN4/c1-4(2)7-10-11-8-6(9)5(3)12-13(7)8/h4,12H,1-3H3. The maximum absolute atomic E-state index is 6.01. The van der Waals surface area contributed by atoms with Crippen LogP contribution in [0.25, 0.3) is 5.65 Å². The number of nitrogens with zero attached hydrogens (tertiary/aromatic N) is 3. The van der Waals surface area contributed by atoms with Gasteiger partial charge in [-0.2, -0.15) is 0 Å². The SMILES string of the molecule is Cc1[nH]n2c(C(C)C)nnc2c1Cl. The highest BCUT2D eigenvalue weighted by Crippen LogP contribution is 2.22. The molecular formula is C8H11ClN4. The molecule has 13 heavy (non-hydrogen) atoms. The molecule has 2 heterocycles. The predicted octanol–water partition coefficient (Wildman–Crippen LogP) is 2.14. The molecule has 0 fully saturated rings. The van der Waals surface area contributed by atoms with Gasteiger partial charge in [-0.15, -0.1) is 10.2 Å². The van der Waals surface area contributed by atoms with E-state index in [1.165, 1.54) is 0 Å². The van der Waals surface area contributed by atoms with E-state index in [0.717, 1.165) is 11.5 Å². The highest BCUT2D eigenvalue weighted by molar-refractivity contribution is 6.34. The van der Waals surface area contributed by atoms with E-state index in [2.05, 4.69) is 29.1 Å². The van der Waals surface area contributed by atoms with Crippen molar-refractivity contribution in [2.45, 2.75) is 26.7 Å². The van der Waals surface area contributed by atoms with Crippen LogP contribution in [0.15, 0.2) is 0 Å². The van der Waals surface area contributed by atoms with Crippen molar-refractivity contribution in [2.75, 3.05) is 0 Å². The van der Waals surface area contributed by atoms with Crippen LogP contribution in [0, 0.1) is 6.92 Å². The molecule has 0 atom stereocenters. The summed E-state index contributed by atoms with van der Waals surface area (Å²) in [6.07, 6.45) is 0. The van der Waals surface area contributed by atoms with Crippen molar-refractivity contribution in [3.8, 4) is 0 Å². The molecule has 1 N–H and O–H groups in total. The Morgan fingerprint density at radius 2 is 2.08 bits per heavy atom. The molecule has 0 aliphatic carbocycles. The highest BCUT2D eigenvalue weighted by atomic mass is 35.5. The molecule has 0 aliphatic heterocycles. The molecule has 0 amide bonds. The summed E-state index contributed by atoms with van der Waals surface area (Å²) in [6, 6.07) is 0. The fourth-order valence-corrected chi connectivity index (χ4v) is 1.47. The average Bonchev–Trinajstić information content (AvgIpc) is 2.55. The molecular weight excluding hydrogens is 188 g/mol. The van der Waals surface area contributed by atoms with E-state index < -0.39 is 0 Å². The number of H-pyrrole nitrogens is 1. The Morgan fingerprint density at radius 1 is 1.38 bits per heavy atom. The maximum Gasteiger partial charge on any atom is 0.196 e. The summed E-state index contributed by atoms with van der Waals surface area (Å²) in [5.41, 5.74) is 1.64. The molecule has 0 saturated heterocycles. The Balaban J connectivity index is 2.74. The van der Waals surface area contributed by atoms with Crippen molar-refractivity contribution in [2.24, 2.45) is 0 Å². The number of rotatable bonds is 1. The number of aryl methyl sites for hydroxylation is 1. The predicted molar refractivity (Wildman–Crippen MR) is 51.2 cm³/mol. The molecule has 0 bridgehead atoms. The third-order valence-corrected chi connectivity index (χ3v) is 2.46. The van der Waals surface area contributed by atoms with Crippen LogP contribution in [0.1, 0.15) is 31.3 Å². The van der Waals surface area contributed by atoms with E-state index in [4.69, 9.17) is 11.6 Å². The lowest BCUT2D eigenvalue weighted by molar-refractivity contribution is 0.721. The minimum absolute atomic E-state index is 0.337. The maximum atomic E-state index is 6.01. The molecule has 0 saturated carbocycles. The second kappa shape index (κ2) is 2.73. The van der Waals surface area contributed by atoms with Gasteiger partial charge in [0.05, 0.1) is 5.69 Å². The van der Waals surface area contributed by atoms with Gasteiger partial charge in [0.1, 0.15) is 5.02 Å². The van der Waals surface area contributed by atoms with E-state index in [0.29, 0.717) is 16.6 Å². The fourth-order valence-electron chi connectivity index (χ4n) is 1.31. The van der Waals surface area contributed by atoms with Crippen LogP contribution in [0.3, 0.4) is 0 Å². The van der Waals surface area contributed by atoms with Crippen LogP contribution in [-0.2, 0) is 0 Å². The first kappa shape index (κ1) is 8.56. The summed E-state index contributed by atoms with van der Waals surface area (Å²) in [5, 5.41) is 11.8. The lowest BCUT2D eigenvalue weighted by Gasteiger charge is -1.98. The van der Waals surface area contributed by atoms with E-state index in [9.17, 15) is 0 Å². The molecule has 2 aromatic rings. The largest absolute Gasteiger partial charge is 0.294 e. The topological polar surface area (TPSA) is 46.0 Å². The van der Waals surface area contributed by atoms with E-state index in [1.807, 2.05) is 11.4 Å². The molecule has 0 unspecified atom stereocenters. The first-order chi connectivity index (χ1) is 6.11. The van der Waals surface area contributed by atoms with Gasteiger partial charge in [0, 0.05) is 5.92 Å². The second-order valence-electron chi connectivity index (χ2n) is 3.42. The summed E-state index contributed by atoms with van der Waals surface area (Å²) < 4.78 is 1.84. The minimum Gasteiger partial charge on any atom is -0.294 e. The van der Waals surface area contributed by atoms with Gasteiger partial charge in [-0.3, -0.25) is 5.10 Å². The molecule has 0 aliphatic rings. The average molecular weight is 199 g/mol. The van der Waals surface area contributed by atoms with Gasteiger partial charge in [-0.25, -0.2) is 4.52 Å². The normalized spacial score (nSPS) is 11.8. The molecule has 2 aromatic heterocycles.